The molecule has 0 saturated carbocycles. The average molecular weight is 328 g/mol. The second-order valence-corrected chi connectivity index (χ2v) is 7.24. The van der Waals surface area contributed by atoms with Crippen molar-refractivity contribution < 1.29 is 14.3 Å². The van der Waals surface area contributed by atoms with E-state index in [1.165, 1.54) is 0 Å². The zero-order chi connectivity index (χ0) is 17.3. The van der Waals surface area contributed by atoms with E-state index in [-0.39, 0.29) is 23.5 Å². The van der Waals surface area contributed by atoms with Crippen LogP contribution in [0.3, 0.4) is 0 Å². The number of ether oxygens (including phenoxy) is 2. The van der Waals surface area contributed by atoms with Crippen LogP contribution in [-0.2, 0) is 4.79 Å². The molecule has 1 aliphatic rings. The number of nitrogens with one attached hydrogen (secondary N) is 1. The van der Waals surface area contributed by atoms with Crippen LogP contribution in [0.4, 0.5) is 0 Å². The molecule has 1 amide bonds. The number of hydrogen-bond acceptors (Lipinski definition) is 4. The molecule has 0 radical (unpaired) electrons. The Kier molecular flexibility index (Phi) is 4.35. The van der Waals surface area contributed by atoms with Gasteiger partial charge in [0.25, 0.3) is 0 Å². The summed E-state index contributed by atoms with van der Waals surface area (Å²) in [5, 5.41) is 4.95. The first-order chi connectivity index (χ1) is 11.3. The number of fused-ring (bicyclic) bond motifs is 1. The summed E-state index contributed by atoms with van der Waals surface area (Å²) in [6.45, 7) is 8.31. The number of pyridine rings is 1. The van der Waals surface area contributed by atoms with Crippen LogP contribution in [0.1, 0.15) is 34.1 Å². The maximum atomic E-state index is 11.9. The summed E-state index contributed by atoms with van der Waals surface area (Å²) in [6.07, 6.45) is 2.61. The van der Waals surface area contributed by atoms with Gasteiger partial charge in [-0.05, 0) is 43.9 Å². The van der Waals surface area contributed by atoms with Gasteiger partial charge in [0.2, 0.25) is 11.8 Å². The first-order valence-corrected chi connectivity index (χ1v) is 8.34. The quantitative estimate of drug-likeness (QED) is 0.915. The standard InChI is InChI=1S/C19H24N2O3/c1-12(2)24-15-6-5-13-7-8-20-17(16(13)9-15)23-11-14-10-19(3,4)18(22)21-14/h5-9,12,14H,10-11H2,1-4H3,(H,21,22)/t14-/m0/s1. The molecule has 128 valence electrons. The number of rotatable bonds is 5. The number of hydrogen-bond donors (Lipinski definition) is 1. The molecule has 1 aromatic carbocycles. The van der Waals surface area contributed by atoms with E-state index in [0.29, 0.717) is 12.5 Å². The summed E-state index contributed by atoms with van der Waals surface area (Å²) >= 11 is 0. The summed E-state index contributed by atoms with van der Waals surface area (Å²) in [5.41, 5.74) is -0.335. The average Bonchev–Trinajstić information content (AvgIpc) is 2.77. The minimum atomic E-state index is -0.335. The Hall–Kier alpha value is -2.30. The second-order valence-electron chi connectivity index (χ2n) is 7.24. The Bertz CT molecular complexity index is 755. The number of aromatic nitrogens is 1. The minimum Gasteiger partial charge on any atom is -0.491 e. The Morgan fingerprint density at radius 3 is 2.79 bits per heavy atom. The lowest BCUT2D eigenvalue weighted by Crippen LogP contribution is -2.32. The molecule has 3 rings (SSSR count). The third-order valence-electron chi connectivity index (χ3n) is 4.20. The molecule has 0 bridgehead atoms. The first-order valence-electron chi connectivity index (χ1n) is 8.34. The lowest BCUT2D eigenvalue weighted by atomic mass is 9.90. The number of carbonyl (C=O) groups is 1. The number of nitrogens with zero attached hydrogens (tertiary/aromatic N) is 1. The van der Waals surface area contributed by atoms with Gasteiger partial charge in [-0.2, -0.15) is 0 Å². The molecule has 1 atom stereocenters. The summed E-state index contributed by atoms with van der Waals surface area (Å²) in [7, 11) is 0. The highest BCUT2D eigenvalue weighted by atomic mass is 16.5. The predicted octanol–water partition coefficient (Wildman–Crippen LogP) is 3.32. The SMILES string of the molecule is CC(C)Oc1ccc2ccnc(OC[C@@H]3CC(C)(C)C(=O)N3)c2c1. The summed E-state index contributed by atoms with van der Waals surface area (Å²) in [6, 6.07) is 7.87. The second kappa shape index (κ2) is 6.30. The van der Waals surface area contributed by atoms with E-state index in [9.17, 15) is 4.79 Å². The maximum Gasteiger partial charge on any atom is 0.226 e. The van der Waals surface area contributed by atoms with Crippen molar-refractivity contribution in [3.05, 3.63) is 30.5 Å². The summed E-state index contributed by atoms with van der Waals surface area (Å²) < 4.78 is 11.7. The third kappa shape index (κ3) is 3.45. The van der Waals surface area contributed by atoms with Crippen LogP contribution in [0.2, 0.25) is 0 Å². The van der Waals surface area contributed by atoms with Crippen LogP contribution in [0.15, 0.2) is 30.5 Å². The van der Waals surface area contributed by atoms with E-state index >= 15 is 0 Å². The van der Waals surface area contributed by atoms with Crippen molar-refractivity contribution in [1.82, 2.24) is 10.3 Å². The van der Waals surface area contributed by atoms with E-state index in [0.717, 1.165) is 22.9 Å². The Labute approximate surface area is 142 Å². The molecule has 0 aliphatic carbocycles. The van der Waals surface area contributed by atoms with Gasteiger partial charge in [0, 0.05) is 17.0 Å². The van der Waals surface area contributed by atoms with Gasteiger partial charge in [0.05, 0.1) is 12.1 Å². The van der Waals surface area contributed by atoms with Gasteiger partial charge in [-0.3, -0.25) is 4.79 Å². The van der Waals surface area contributed by atoms with Gasteiger partial charge in [0.15, 0.2) is 0 Å². The van der Waals surface area contributed by atoms with E-state index < -0.39 is 0 Å². The van der Waals surface area contributed by atoms with Crippen molar-refractivity contribution in [3.63, 3.8) is 0 Å². The molecule has 0 spiro atoms. The summed E-state index contributed by atoms with van der Waals surface area (Å²) in [4.78, 5) is 16.2. The highest BCUT2D eigenvalue weighted by Crippen LogP contribution is 2.31. The zero-order valence-electron chi connectivity index (χ0n) is 14.6. The fraction of sp³-hybridized carbons (Fsp3) is 0.474. The van der Waals surface area contributed by atoms with Gasteiger partial charge in [0.1, 0.15) is 12.4 Å². The highest BCUT2D eigenvalue weighted by Gasteiger charge is 2.39. The molecular formula is C19H24N2O3. The summed E-state index contributed by atoms with van der Waals surface area (Å²) in [5.74, 6) is 1.45. The van der Waals surface area contributed by atoms with Crippen molar-refractivity contribution >= 4 is 16.7 Å². The lowest BCUT2D eigenvalue weighted by Gasteiger charge is -2.15. The number of amides is 1. The first kappa shape index (κ1) is 16.6. The molecule has 1 aromatic heterocycles. The Morgan fingerprint density at radius 2 is 2.12 bits per heavy atom. The minimum absolute atomic E-state index is 0.0136. The molecule has 1 fully saturated rings. The fourth-order valence-corrected chi connectivity index (χ4v) is 3.00. The van der Waals surface area contributed by atoms with Gasteiger partial charge in [-0.1, -0.05) is 19.9 Å². The molecule has 1 aliphatic heterocycles. The van der Waals surface area contributed by atoms with Crippen molar-refractivity contribution in [1.29, 1.82) is 0 Å². The molecule has 1 saturated heterocycles. The highest BCUT2D eigenvalue weighted by molar-refractivity contribution is 5.88. The smallest absolute Gasteiger partial charge is 0.226 e. The molecule has 1 N–H and O–H groups in total. The van der Waals surface area contributed by atoms with E-state index in [2.05, 4.69) is 10.3 Å². The van der Waals surface area contributed by atoms with Crippen LogP contribution in [0.5, 0.6) is 11.6 Å². The largest absolute Gasteiger partial charge is 0.491 e. The molecular weight excluding hydrogens is 304 g/mol. The zero-order valence-corrected chi connectivity index (χ0v) is 14.6. The molecule has 5 nitrogen and oxygen atoms in total. The van der Waals surface area contributed by atoms with E-state index in [4.69, 9.17) is 9.47 Å². The monoisotopic (exact) mass is 328 g/mol. The van der Waals surface area contributed by atoms with Crippen LogP contribution < -0.4 is 14.8 Å². The van der Waals surface area contributed by atoms with Gasteiger partial charge >= 0.3 is 0 Å². The van der Waals surface area contributed by atoms with Crippen LogP contribution in [-0.4, -0.2) is 29.6 Å². The van der Waals surface area contributed by atoms with Gasteiger partial charge in [-0.25, -0.2) is 4.98 Å². The van der Waals surface area contributed by atoms with Crippen LogP contribution >= 0.6 is 0 Å². The van der Waals surface area contributed by atoms with Crippen molar-refractivity contribution in [3.8, 4) is 11.6 Å². The maximum absolute atomic E-state index is 11.9. The van der Waals surface area contributed by atoms with Crippen molar-refractivity contribution in [2.45, 2.75) is 46.3 Å². The number of benzene rings is 1. The molecule has 24 heavy (non-hydrogen) atoms. The Morgan fingerprint density at radius 1 is 1.33 bits per heavy atom. The third-order valence-corrected chi connectivity index (χ3v) is 4.20. The van der Waals surface area contributed by atoms with E-state index in [1.807, 2.05) is 52.0 Å². The number of carbonyl (C=O) groups excluding carboxylic acids is 1. The lowest BCUT2D eigenvalue weighted by molar-refractivity contribution is -0.126. The normalized spacial score (nSPS) is 19.5. The molecule has 2 heterocycles. The van der Waals surface area contributed by atoms with Gasteiger partial charge < -0.3 is 14.8 Å². The van der Waals surface area contributed by atoms with Crippen molar-refractivity contribution in [2.24, 2.45) is 5.41 Å². The predicted molar refractivity (Wildman–Crippen MR) is 93.3 cm³/mol. The topological polar surface area (TPSA) is 60.5 Å². The molecule has 5 heteroatoms. The fourth-order valence-electron chi connectivity index (χ4n) is 3.00. The molecule has 0 unspecified atom stereocenters. The van der Waals surface area contributed by atoms with Crippen molar-refractivity contribution in [2.75, 3.05) is 6.61 Å². The van der Waals surface area contributed by atoms with Gasteiger partial charge in [-0.15, -0.1) is 0 Å². The Balaban J connectivity index is 1.78. The molecule has 2 aromatic rings. The van der Waals surface area contributed by atoms with E-state index in [1.54, 1.807) is 6.20 Å². The van der Waals surface area contributed by atoms with Crippen LogP contribution in [0, 0.1) is 5.41 Å². The van der Waals surface area contributed by atoms with Crippen LogP contribution in [0.25, 0.3) is 10.8 Å².